The van der Waals surface area contributed by atoms with Gasteiger partial charge in [0, 0.05) is 12.0 Å². The van der Waals surface area contributed by atoms with E-state index in [1.165, 1.54) is 38.9 Å². The lowest BCUT2D eigenvalue weighted by Crippen LogP contribution is -2.18. The third-order valence-corrected chi connectivity index (χ3v) is 7.92. The quantitative estimate of drug-likeness (QED) is 0.293. The summed E-state index contributed by atoms with van der Waals surface area (Å²) < 4.78 is 13.2. The van der Waals surface area contributed by atoms with Crippen LogP contribution in [-0.2, 0) is 6.42 Å². The molecule has 5 rings (SSSR count). The zero-order valence-corrected chi connectivity index (χ0v) is 20.8. The van der Waals surface area contributed by atoms with Crippen LogP contribution in [0.2, 0.25) is 0 Å². The first-order valence-corrected chi connectivity index (χ1v) is 12.6. The fourth-order valence-corrected chi connectivity index (χ4v) is 6.34. The van der Waals surface area contributed by atoms with Gasteiger partial charge < -0.3 is 9.05 Å². The molecular formula is C30H29O2P. The summed E-state index contributed by atoms with van der Waals surface area (Å²) >= 11 is 0. The van der Waals surface area contributed by atoms with Gasteiger partial charge in [-0.15, -0.1) is 0 Å². The first-order valence-electron chi connectivity index (χ1n) is 11.4. The summed E-state index contributed by atoms with van der Waals surface area (Å²) in [6, 6.07) is 25.7. The van der Waals surface area contributed by atoms with Gasteiger partial charge in [0.2, 0.25) is 0 Å². The van der Waals surface area contributed by atoms with Crippen LogP contribution < -0.4 is 14.4 Å². The van der Waals surface area contributed by atoms with E-state index in [4.69, 9.17) is 9.05 Å². The molecule has 2 nitrogen and oxygen atoms in total. The predicted molar refractivity (Wildman–Crippen MR) is 139 cm³/mol. The van der Waals surface area contributed by atoms with Crippen LogP contribution in [0.5, 0.6) is 11.5 Å². The highest BCUT2D eigenvalue weighted by molar-refractivity contribution is 7.57. The Balaban J connectivity index is 1.56. The van der Waals surface area contributed by atoms with E-state index in [1.54, 1.807) is 0 Å². The average Bonchev–Trinajstić information content (AvgIpc) is 2.79. The average molecular weight is 453 g/mol. The monoisotopic (exact) mass is 452 g/mol. The van der Waals surface area contributed by atoms with Gasteiger partial charge in [-0.05, 0) is 80.1 Å². The molecule has 0 radical (unpaired) electrons. The SMILES string of the molecule is Cc1cc(C)c(C)c(Cc2cc(C)cc(C)c2OP2Oc3ccccc3-c3ccccc32)c1. The summed E-state index contributed by atoms with van der Waals surface area (Å²) in [6.45, 7) is 10.9. The van der Waals surface area contributed by atoms with Crippen molar-refractivity contribution in [1.29, 1.82) is 0 Å². The lowest BCUT2D eigenvalue weighted by Gasteiger charge is -2.28. The molecule has 1 unspecified atom stereocenters. The number of hydrogen-bond acceptors (Lipinski definition) is 2. The Hall–Kier alpha value is -3.09. The molecule has 1 heterocycles. The van der Waals surface area contributed by atoms with E-state index < -0.39 is 8.38 Å². The Kier molecular flexibility index (Phi) is 5.72. The molecule has 166 valence electrons. The summed E-state index contributed by atoms with van der Waals surface area (Å²) in [5.74, 6) is 1.83. The van der Waals surface area contributed by atoms with Crippen molar-refractivity contribution in [2.24, 2.45) is 0 Å². The Bertz CT molecular complexity index is 1360. The molecule has 3 heteroatoms. The molecule has 0 saturated heterocycles. The maximum absolute atomic E-state index is 6.77. The van der Waals surface area contributed by atoms with E-state index >= 15 is 0 Å². The van der Waals surface area contributed by atoms with Crippen molar-refractivity contribution in [3.05, 3.63) is 112 Å². The van der Waals surface area contributed by atoms with Gasteiger partial charge in [0.05, 0.1) is 5.30 Å². The first kappa shape index (κ1) is 21.7. The minimum atomic E-state index is -1.29. The van der Waals surface area contributed by atoms with Crippen LogP contribution in [0.3, 0.4) is 0 Å². The first-order chi connectivity index (χ1) is 15.9. The molecule has 0 aliphatic carbocycles. The fraction of sp³-hybridized carbons (Fsp3) is 0.200. The number of benzene rings is 4. The van der Waals surface area contributed by atoms with E-state index in [0.29, 0.717) is 0 Å². The summed E-state index contributed by atoms with van der Waals surface area (Å²) in [5.41, 5.74) is 11.3. The van der Waals surface area contributed by atoms with Gasteiger partial charge in [-0.3, -0.25) is 0 Å². The van der Waals surface area contributed by atoms with Gasteiger partial charge in [0.1, 0.15) is 11.5 Å². The second-order valence-corrected chi connectivity index (χ2v) is 10.4. The molecule has 0 N–H and O–H groups in total. The van der Waals surface area contributed by atoms with Gasteiger partial charge in [0.15, 0.2) is 0 Å². The zero-order chi connectivity index (χ0) is 23.1. The van der Waals surface area contributed by atoms with E-state index in [1.807, 2.05) is 12.1 Å². The summed E-state index contributed by atoms with van der Waals surface area (Å²) in [5, 5.41) is 1.12. The van der Waals surface area contributed by atoms with Crippen LogP contribution in [0, 0.1) is 34.6 Å². The Morgan fingerprint density at radius 1 is 0.697 bits per heavy atom. The van der Waals surface area contributed by atoms with Crippen molar-refractivity contribution in [2.75, 3.05) is 0 Å². The molecule has 1 atom stereocenters. The van der Waals surface area contributed by atoms with Crippen molar-refractivity contribution >= 4 is 13.7 Å². The molecule has 0 aromatic heterocycles. The second-order valence-electron chi connectivity index (χ2n) is 9.07. The van der Waals surface area contributed by atoms with Crippen LogP contribution in [0.4, 0.5) is 0 Å². The largest absolute Gasteiger partial charge is 0.435 e. The van der Waals surface area contributed by atoms with Crippen LogP contribution in [0.25, 0.3) is 11.1 Å². The van der Waals surface area contributed by atoms with Crippen molar-refractivity contribution in [2.45, 2.75) is 41.0 Å². The van der Waals surface area contributed by atoms with Gasteiger partial charge in [-0.25, -0.2) is 0 Å². The van der Waals surface area contributed by atoms with Crippen LogP contribution in [-0.4, -0.2) is 0 Å². The smallest absolute Gasteiger partial charge is 0.326 e. The normalized spacial score (nSPS) is 14.3. The fourth-order valence-electron chi connectivity index (χ4n) is 4.74. The molecule has 0 fully saturated rings. The minimum absolute atomic E-state index is 0.841. The second kappa shape index (κ2) is 8.69. The summed E-state index contributed by atoms with van der Waals surface area (Å²) in [4.78, 5) is 0. The lowest BCUT2D eigenvalue weighted by atomic mass is 9.93. The molecule has 4 aromatic rings. The Morgan fingerprint density at radius 3 is 2.12 bits per heavy atom. The number of aryl methyl sites for hydroxylation is 4. The van der Waals surface area contributed by atoms with Crippen molar-refractivity contribution in [1.82, 2.24) is 0 Å². The number of rotatable bonds is 4. The summed E-state index contributed by atoms with van der Waals surface area (Å²) in [6.07, 6.45) is 0.841. The minimum Gasteiger partial charge on any atom is -0.435 e. The molecular weight excluding hydrogens is 423 g/mol. The molecule has 0 amide bonds. The number of hydrogen-bond donors (Lipinski definition) is 0. The summed E-state index contributed by atoms with van der Waals surface area (Å²) in [7, 11) is -1.29. The molecule has 0 saturated carbocycles. The van der Waals surface area contributed by atoms with Crippen LogP contribution in [0.1, 0.15) is 38.9 Å². The van der Waals surface area contributed by atoms with Gasteiger partial charge >= 0.3 is 8.38 Å². The maximum Gasteiger partial charge on any atom is 0.326 e. The Morgan fingerprint density at radius 2 is 1.33 bits per heavy atom. The molecule has 1 aliphatic rings. The predicted octanol–water partition coefficient (Wildman–Crippen LogP) is 7.90. The third-order valence-electron chi connectivity index (χ3n) is 6.43. The van der Waals surface area contributed by atoms with Crippen molar-refractivity contribution < 1.29 is 9.05 Å². The topological polar surface area (TPSA) is 18.5 Å². The molecule has 0 bridgehead atoms. The third kappa shape index (κ3) is 4.16. The maximum atomic E-state index is 6.77. The van der Waals surface area contributed by atoms with E-state index in [0.717, 1.165) is 34.4 Å². The van der Waals surface area contributed by atoms with E-state index in [2.05, 4.69) is 95.3 Å². The van der Waals surface area contributed by atoms with Crippen molar-refractivity contribution in [3.63, 3.8) is 0 Å². The number of para-hydroxylation sites is 1. The van der Waals surface area contributed by atoms with Gasteiger partial charge in [-0.1, -0.05) is 71.8 Å². The highest BCUT2D eigenvalue weighted by atomic mass is 31.2. The highest BCUT2D eigenvalue weighted by Gasteiger charge is 2.30. The van der Waals surface area contributed by atoms with Crippen LogP contribution in [0.15, 0.2) is 72.8 Å². The molecule has 4 aromatic carbocycles. The molecule has 33 heavy (non-hydrogen) atoms. The van der Waals surface area contributed by atoms with Crippen molar-refractivity contribution in [3.8, 4) is 22.6 Å². The lowest BCUT2D eigenvalue weighted by molar-refractivity contribution is 0.495. The molecule has 1 aliphatic heterocycles. The molecule has 0 spiro atoms. The zero-order valence-electron chi connectivity index (χ0n) is 19.9. The van der Waals surface area contributed by atoms with E-state index in [-0.39, 0.29) is 0 Å². The van der Waals surface area contributed by atoms with Crippen LogP contribution >= 0.6 is 8.38 Å². The van der Waals surface area contributed by atoms with Gasteiger partial charge in [-0.2, -0.15) is 0 Å². The Labute approximate surface area is 198 Å². The standard InChI is InChI=1S/C30H29O2P/c1-19-14-21(3)23(5)24(16-19)18-25-17-20(2)15-22(4)30(25)32-33-29-13-9-7-11-27(29)26-10-6-8-12-28(26)31-33/h6-17H,18H2,1-5H3. The van der Waals surface area contributed by atoms with E-state index in [9.17, 15) is 0 Å². The van der Waals surface area contributed by atoms with Gasteiger partial charge in [0.25, 0.3) is 0 Å². The highest BCUT2D eigenvalue weighted by Crippen LogP contribution is 2.50. The number of fused-ring (bicyclic) bond motifs is 3.